The molecule has 1 saturated heterocycles. The Morgan fingerprint density at radius 1 is 1.53 bits per heavy atom. The zero-order valence-electron chi connectivity index (χ0n) is 9.31. The van der Waals surface area contributed by atoms with Gasteiger partial charge in [0.2, 0.25) is 0 Å². The number of nitrogens with zero attached hydrogens (tertiary/aromatic N) is 3. The van der Waals surface area contributed by atoms with Crippen LogP contribution in [-0.4, -0.2) is 36.3 Å². The summed E-state index contributed by atoms with van der Waals surface area (Å²) in [6.07, 6.45) is 6.25. The van der Waals surface area contributed by atoms with Crippen molar-refractivity contribution in [2.24, 2.45) is 0 Å². The number of hydrogen-bond acceptors (Lipinski definition) is 4. The third-order valence-electron chi connectivity index (χ3n) is 2.63. The van der Waals surface area contributed by atoms with Crippen LogP contribution in [0.25, 0.3) is 0 Å². The van der Waals surface area contributed by atoms with Gasteiger partial charge in [-0.1, -0.05) is 0 Å². The van der Waals surface area contributed by atoms with Crippen LogP contribution in [0.4, 0.5) is 5.82 Å². The highest BCUT2D eigenvalue weighted by Crippen LogP contribution is 2.15. The standard InChI is InChI=1S/C11H17N3O/c1-9-6-12-7-11(13-9)14(2)8-10-4-3-5-15-10/h6-7,10H,3-5,8H2,1-2H3. The van der Waals surface area contributed by atoms with Gasteiger partial charge >= 0.3 is 0 Å². The van der Waals surface area contributed by atoms with Crippen molar-refractivity contribution in [2.45, 2.75) is 25.9 Å². The van der Waals surface area contributed by atoms with Crippen LogP contribution in [0.2, 0.25) is 0 Å². The van der Waals surface area contributed by atoms with Crippen molar-refractivity contribution in [3.63, 3.8) is 0 Å². The lowest BCUT2D eigenvalue weighted by Gasteiger charge is -2.21. The second kappa shape index (κ2) is 4.57. The fourth-order valence-corrected chi connectivity index (χ4v) is 1.82. The molecule has 0 spiro atoms. The summed E-state index contributed by atoms with van der Waals surface area (Å²) in [5, 5.41) is 0. The van der Waals surface area contributed by atoms with Crippen molar-refractivity contribution >= 4 is 5.82 Å². The smallest absolute Gasteiger partial charge is 0.147 e. The minimum absolute atomic E-state index is 0.359. The van der Waals surface area contributed by atoms with Gasteiger partial charge in [0.05, 0.1) is 18.0 Å². The first-order valence-corrected chi connectivity index (χ1v) is 5.37. The Morgan fingerprint density at radius 3 is 3.07 bits per heavy atom. The number of anilines is 1. The van der Waals surface area contributed by atoms with Crippen molar-refractivity contribution in [1.82, 2.24) is 9.97 Å². The lowest BCUT2D eigenvalue weighted by atomic mass is 10.2. The minimum atomic E-state index is 0.359. The van der Waals surface area contributed by atoms with E-state index in [2.05, 4.69) is 14.9 Å². The number of likely N-dealkylation sites (N-methyl/N-ethyl adjacent to an activating group) is 1. The van der Waals surface area contributed by atoms with E-state index in [1.165, 1.54) is 6.42 Å². The molecule has 1 aliphatic rings. The molecule has 0 N–H and O–H groups in total. The fourth-order valence-electron chi connectivity index (χ4n) is 1.82. The van der Waals surface area contributed by atoms with Gasteiger partial charge in [-0.2, -0.15) is 0 Å². The van der Waals surface area contributed by atoms with Crippen LogP contribution < -0.4 is 4.90 Å². The molecule has 1 atom stereocenters. The molecule has 0 aliphatic carbocycles. The van der Waals surface area contributed by atoms with Crippen LogP contribution >= 0.6 is 0 Å². The first-order chi connectivity index (χ1) is 7.25. The summed E-state index contributed by atoms with van der Waals surface area (Å²) in [5.74, 6) is 0.922. The average molecular weight is 207 g/mol. The maximum atomic E-state index is 5.59. The molecular weight excluding hydrogens is 190 g/mol. The third-order valence-corrected chi connectivity index (χ3v) is 2.63. The molecule has 2 rings (SSSR count). The van der Waals surface area contributed by atoms with Gasteiger partial charge in [-0.25, -0.2) is 4.98 Å². The molecule has 1 aliphatic heterocycles. The van der Waals surface area contributed by atoms with E-state index in [1.54, 1.807) is 12.4 Å². The molecule has 1 aromatic rings. The molecule has 0 saturated carbocycles. The highest BCUT2D eigenvalue weighted by molar-refractivity contribution is 5.35. The van der Waals surface area contributed by atoms with E-state index >= 15 is 0 Å². The summed E-state index contributed by atoms with van der Waals surface area (Å²) in [4.78, 5) is 10.7. The van der Waals surface area contributed by atoms with E-state index in [1.807, 2.05) is 14.0 Å². The van der Waals surface area contributed by atoms with Crippen molar-refractivity contribution in [3.8, 4) is 0 Å². The van der Waals surface area contributed by atoms with E-state index in [4.69, 9.17) is 4.74 Å². The summed E-state index contributed by atoms with van der Waals surface area (Å²) in [5.41, 5.74) is 0.951. The summed E-state index contributed by atoms with van der Waals surface area (Å²) < 4.78 is 5.59. The Morgan fingerprint density at radius 2 is 2.40 bits per heavy atom. The van der Waals surface area contributed by atoms with Crippen LogP contribution in [0.5, 0.6) is 0 Å². The predicted octanol–water partition coefficient (Wildman–Crippen LogP) is 1.40. The van der Waals surface area contributed by atoms with Gasteiger partial charge in [-0.3, -0.25) is 4.98 Å². The minimum Gasteiger partial charge on any atom is -0.376 e. The van der Waals surface area contributed by atoms with Crippen molar-refractivity contribution in [2.75, 3.05) is 25.1 Å². The van der Waals surface area contributed by atoms with Gasteiger partial charge in [0.15, 0.2) is 0 Å². The molecule has 82 valence electrons. The molecular formula is C11H17N3O. The normalized spacial score (nSPS) is 20.5. The number of aryl methyl sites for hydroxylation is 1. The summed E-state index contributed by atoms with van der Waals surface area (Å²) in [6.45, 7) is 3.76. The molecule has 4 heteroatoms. The molecule has 15 heavy (non-hydrogen) atoms. The van der Waals surface area contributed by atoms with E-state index < -0.39 is 0 Å². The first-order valence-electron chi connectivity index (χ1n) is 5.37. The number of ether oxygens (including phenoxy) is 1. The van der Waals surface area contributed by atoms with Crippen LogP contribution in [-0.2, 0) is 4.74 Å². The van der Waals surface area contributed by atoms with Gasteiger partial charge in [0.1, 0.15) is 5.82 Å². The van der Waals surface area contributed by atoms with Crippen LogP contribution in [0.15, 0.2) is 12.4 Å². The van der Waals surface area contributed by atoms with E-state index in [0.717, 1.165) is 31.1 Å². The van der Waals surface area contributed by atoms with Crippen LogP contribution in [0, 0.1) is 6.92 Å². The van der Waals surface area contributed by atoms with E-state index in [-0.39, 0.29) is 0 Å². The summed E-state index contributed by atoms with van der Waals surface area (Å²) >= 11 is 0. The largest absolute Gasteiger partial charge is 0.376 e. The number of rotatable bonds is 3. The molecule has 1 aromatic heterocycles. The maximum absolute atomic E-state index is 5.59. The summed E-state index contributed by atoms with van der Waals surface area (Å²) in [7, 11) is 2.03. The maximum Gasteiger partial charge on any atom is 0.147 e. The van der Waals surface area contributed by atoms with E-state index in [0.29, 0.717) is 6.10 Å². The SMILES string of the molecule is Cc1cncc(N(C)CC2CCCO2)n1. The van der Waals surface area contributed by atoms with Gasteiger partial charge in [-0.15, -0.1) is 0 Å². The average Bonchev–Trinajstić information content (AvgIpc) is 2.70. The number of hydrogen-bond donors (Lipinski definition) is 0. The lowest BCUT2D eigenvalue weighted by molar-refractivity contribution is 0.116. The highest BCUT2D eigenvalue weighted by atomic mass is 16.5. The molecule has 0 radical (unpaired) electrons. The van der Waals surface area contributed by atoms with E-state index in [9.17, 15) is 0 Å². The summed E-state index contributed by atoms with van der Waals surface area (Å²) in [6, 6.07) is 0. The molecule has 0 bridgehead atoms. The van der Waals surface area contributed by atoms with Gasteiger partial charge < -0.3 is 9.64 Å². The van der Waals surface area contributed by atoms with Crippen molar-refractivity contribution in [3.05, 3.63) is 18.1 Å². The predicted molar refractivity (Wildman–Crippen MR) is 59.0 cm³/mol. The Kier molecular flexibility index (Phi) is 3.16. The Balaban J connectivity index is 1.97. The molecule has 4 nitrogen and oxygen atoms in total. The topological polar surface area (TPSA) is 38.2 Å². The number of aromatic nitrogens is 2. The highest BCUT2D eigenvalue weighted by Gasteiger charge is 2.18. The van der Waals surface area contributed by atoms with Gasteiger partial charge in [0.25, 0.3) is 0 Å². The van der Waals surface area contributed by atoms with Gasteiger partial charge in [0, 0.05) is 26.4 Å². The monoisotopic (exact) mass is 207 g/mol. The Labute approximate surface area is 90.3 Å². The van der Waals surface area contributed by atoms with Crippen LogP contribution in [0.1, 0.15) is 18.5 Å². The zero-order valence-corrected chi connectivity index (χ0v) is 9.31. The van der Waals surface area contributed by atoms with Crippen molar-refractivity contribution in [1.29, 1.82) is 0 Å². The lowest BCUT2D eigenvalue weighted by Crippen LogP contribution is -2.29. The quantitative estimate of drug-likeness (QED) is 0.751. The molecule has 1 fully saturated rings. The van der Waals surface area contributed by atoms with Crippen molar-refractivity contribution < 1.29 is 4.74 Å². The zero-order chi connectivity index (χ0) is 10.7. The second-order valence-electron chi connectivity index (χ2n) is 4.03. The molecule has 2 heterocycles. The fraction of sp³-hybridized carbons (Fsp3) is 0.636. The Bertz CT molecular complexity index is 323. The third kappa shape index (κ3) is 2.65. The van der Waals surface area contributed by atoms with Gasteiger partial charge in [-0.05, 0) is 19.8 Å². The molecule has 1 unspecified atom stereocenters. The molecule has 0 aromatic carbocycles. The Hall–Kier alpha value is -1.16. The first kappa shape index (κ1) is 10.4. The molecule has 0 amide bonds. The second-order valence-corrected chi connectivity index (χ2v) is 4.03. The van der Waals surface area contributed by atoms with Crippen LogP contribution in [0.3, 0.4) is 0 Å².